The number of cyclic esters (lactones) is 1. The van der Waals surface area contributed by atoms with Crippen molar-refractivity contribution in [2.75, 3.05) is 13.7 Å². The molecule has 0 radical (unpaired) electrons. The summed E-state index contributed by atoms with van der Waals surface area (Å²) in [5, 5.41) is 0.173. The summed E-state index contributed by atoms with van der Waals surface area (Å²) in [5.74, 6) is -1.17. The number of ether oxygens (including phenoxy) is 3. The standard InChI is InChI=1S/C25H17ClFNO5/c1-31-22-13-15(11-18(26)23(22)32-14-21(29)16-7-3-2-4-8-16)12-20-25(30)33-24(28-20)17-9-5-6-10-19(17)27/h2-13H,14H2,1H3/b20-12-. The Labute approximate surface area is 193 Å². The van der Waals surface area contributed by atoms with Gasteiger partial charge in [-0.1, -0.05) is 54.1 Å². The van der Waals surface area contributed by atoms with Crippen LogP contribution < -0.4 is 9.47 Å². The highest BCUT2D eigenvalue weighted by Gasteiger charge is 2.26. The zero-order valence-corrected chi connectivity index (χ0v) is 18.1. The first kappa shape index (κ1) is 22.2. The number of hydrogen-bond donors (Lipinski definition) is 0. The van der Waals surface area contributed by atoms with Gasteiger partial charge in [0.25, 0.3) is 0 Å². The number of methoxy groups -OCH3 is 1. The number of aliphatic imine (C=N–C) groups is 1. The number of nitrogens with zero attached hydrogens (tertiary/aromatic N) is 1. The van der Waals surface area contributed by atoms with E-state index in [0.717, 1.165) is 0 Å². The molecule has 0 atom stereocenters. The van der Waals surface area contributed by atoms with Crippen molar-refractivity contribution in [3.05, 3.63) is 100.0 Å². The molecule has 3 aromatic rings. The van der Waals surface area contributed by atoms with Crippen molar-refractivity contribution in [2.24, 2.45) is 4.99 Å². The second-order valence-corrected chi connectivity index (χ2v) is 7.34. The summed E-state index contributed by atoms with van der Waals surface area (Å²) in [6.45, 7) is -0.233. The molecule has 0 unspecified atom stereocenters. The first-order chi connectivity index (χ1) is 16.0. The van der Waals surface area contributed by atoms with E-state index in [4.69, 9.17) is 25.8 Å². The number of benzene rings is 3. The number of ketones is 1. The van der Waals surface area contributed by atoms with E-state index in [2.05, 4.69) is 4.99 Å². The normalized spacial score (nSPS) is 14.1. The van der Waals surface area contributed by atoms with E-state index in [1.54, 1.807) is 36.4 Å². The van der Waals surface area contributed by atoms with Crippen molar-refractivity contribution < 1.29 is 28.2 Å². The third kappa shape index (κ3) is 4.94. The number of carbonyl (C=O) groups excluding carboxylic acids is 2. The summed E-state index contributed by atoms with van der Waals surface area (Å²) in [5.41, 5.74) is 1.04. The Balaban J connectivity index is 1.57. The molecular formula is C25H17ClFNO5. The quantitative estimate of drug-likeness (QED) is 0.276. The number of hydrogen-bond acceptors (Lipinski definition) is 6. The minimum Gasteiger partial charge on any atom is -0.493 e. The minimum absolute atomic E-state index is 0.0284. The number of carbonyl (C=O) groups is 2. The van der Waals surface area contributed by atoms with Crippen LogP contribution in [0.1, 0.15) is 21.5 Å². The maximum absolute atomic E-state index is 14.0. The van der Waals surface area contributed by atoms with Crippen LogP contribution in [0.15, 0.2) is 77.4 Å². The molecule has 0 saturated heterocycles. The van der Waals surface area contributed by atoms with Crippen LogP contribution in [0.3, 0.4) is 0 Å². The van der Waals surface area contributed by atoms with Gasteiger partial charge in [0.1, 0.15) is 5.82 Å². The lowest BCUT2D eigenvalue weighted by molar-refractivity contribution is -0.129. The van der Waals surface area contributed by atoms with Gasteiger partial charge in [-0.05, 0) is 35.9 Å². The highest BCUT2D eigenvalue weighted by Crippen LogP contribution is 2.37. The summed E-state index contributed by atoms with van der Waals surface area (Å²) >= 11 is 6.36. The van der Waals surface area contributed by atoms with Gasteiger partial charge in [0.15, 0.2) is 29.6 Å². The van der Waals surface area contributed by atoms with Crippen molar-refractivity contribution in [3.63, 3.8) is 0 Å². The lowest BCUT2D eigenvalue weighted by Crippen LogP contribution is -2.12. The van der Waals surface area contributed by atoms with Gasteiger partial charge >= 0.3 is 5.97 Å². The van der Waals surface area contributed by atoms with Gasteiger partial charge in [0, 0.05) is 5.56 Å². The number of halogens is 2. The molecule has 1 aliphatic rings. The average Bonchev–Trinajstić information content (AvgIpc) is 3.18. The number of rotatable bonds is 7. The summed E-state index contributed by atoms with van der Waals surface area (Å²) in [6.07, 6.45) is 1.43. The second-order valence-electron chi connectivity index (χ2n) is 6.93. The fourth-order valence-electron chi connectivity index (χ4n) is 3.13. The van der Waals surface area contributed by atoms with Crippen LogP contribution in [-0.2, 0) is 9.53 Å². The smallest absolute Gasteiger partial charge is 0.363 e. The monoisotopic (exact) mass is 465 g/mol. The molecule has 3 aromatic carbocycles. The van der Waals surface area contributed by atoms with Crippen LogP contribution >= 0.6 is 11.6 Å². The molecule has 33 heavy (non-hydrogen) atoms. The molecule has 0 aliphatic carbocycles. The Morgan fingerprint density at radius 3 is 2.58 bits per heavy atom. The van der Waals surface area contributed by atoms with E-state index in [1.165, 1.54) is 37.5 Å². The van der Waals surface area contributed by atoms with Gasteiger partial charge in [0.05, 0.1) is 17.7 Å². The van der Waals surface area contributed by atoms with E-state index < -0.39 is 11.8 Å². The van der Waals surface area contributed by atoms with Crippen molar-refractivity contribution in [3.8, 4) is 11.5 Å². The first-order valence-electron chi connectivity index (χ1n) is 9.82. The number of esters is 1. The fourth-order valence-corrected chi connectivity index (χ4v) is 3.40. The van der Waals surface area contributed by atoms with Crippen LogP contribution in [0.25, 0.3) is 6.08 Å². The molecule has 0 bridgehead atoms. The van der Waals surface area contributed by atoms with Crippen molar-refractivity contribution in [1.29, 1.82) is 0 Å². The predicted octanol–water partition coefficient (Wildman–Crippen LogP) is 5.09. The third-order valence-corrected chi connectivity index (χ3v) is 5.00. The van der Waals surface area contributed by atoms with E-state index in [-0.39, 0.29) is 46.1 Å². The van der Waals surface area contributed by atoms with Crippen LogP contribution in [-0.4, -0.2) is 31.4 Å². The molecule has 0 amide bonds. The first-order valence-corrected chi connectivity index (χ1v) is 10.2. The van der Waals surface area contributed by atoms with E-state index >= 15 is 0 Å². The Hall–Kier alpha value is -3.97. The molecule has 166 valence electrons. The molecule has 1 heterocycles. The third-order valence-electron chi connectivity index (χ3n) is 4.72. The second kappa shape index (κ2) is 9.67. The van der Waals surface area contributed by atoms with Crippen LogP contribution in [0.5, 0.6) is 11.5 Å². The van der Waals surface area contributed by atoms with Crippen LogP contribution in [0, 0.1) is 5.82 Å². The largest absolute Gasteiger partial charge is 0.493 e. The molecule has 6 nitrogen and oxygen atoms in total. The molecule has 0 N–H and O–H groups in total. The highest BCUT2D eigenvalue weighted by atomic mass is 35.5. The van der Waals surface area contributed by atoms with Gasteiger partial charge in [0.2, 0.25) is 5.90 Å². The Morgan fingerprint density at radius 1 is 1.12 bits per heavy atom. The van der Waals surface area contributed by atoms with Crippen molar-refractivity contribution in [1.82, 2.24) is 0 Å². The lowest BCUT2D eigenvalue weighted by atomic mass is 10.1. The van der Waals surface area contributed by atoms with Gasteiger partial charge in [-0.15, -0.1) is 0 Å². The van der Waals surface area contributed by atoms with Gasteiger partial charge in [-0.25, -0.2) is 14.2 Å². The molecule has 0 spiro atoms. The molecule has 8 heteroatoms. The Morgan fingerprint density at radius 2 is 1.85 bits per heavy atom. The van der Waals surface area contributed by atoms with E-state index in [1.807, 2.05) is 6.07 Å². The SMILES string of the molecule is COc1cc(/C=C2\N=C(c3ccccc3F)OC2=O)cc(Cl)c1OCC(=O)c1ccccc1. The molecule has 4 rings (SSSR count). The minimum atomic E-state index is -0.725. The molecule has 0 aromatic heterocycles. The highest BCUT2D eigenvalue weighted by molar-refractivity contribution is 6.32. The zero-order chi connectivity index (χ0) is 23.4. The summed E-state index contributed by atoms with van der Waals surface area (Å²) in [4.78, 5) is 28.7. The van der Waals surface area contributed by atoms with E-state index in [9.17, 15) is 14.0 Å². The molecular weight excluding hydrogens is 449 g/mol. The topological polar surface area (TPSA) is 74.2 Å². The number of Topliss-reactive ketones (excluding diaryl/α,β-unsaturated/α-hetero) is 1. The Kier molecular flexibility index (Phi) is 6.51. The van der Waals surface area contributed by atoms with Crippen molar-refractivity contribution in [2.45, 2.75) is 0 Å². The maximum Gasteiger partial charge on any atom is 0.363 e. The molecule has 0 fully saturated rings. The van der Waals surface area contributed by atoms with Gasteiger partial charge in [-0.3, -0.25) is 4.79 Å². The van der Waals surface area contributed by atoms with Crippen LogP contribution in [0.4, 0.5) is 4.39 Å². The fraction of sp³-hybridized carbons (Fsp3) is 0.0800. The lowest BCUT2D eigenvalue weighted by Gasteiger charge is -2.13. The van der Waals surface area contributed by atoms with Gasteiger partial charge in [-0.2, -0.15) is 0 Å². The molecule has 1 aliphatic heterocycles. The average molecular weight is 466 g/mol. The maximum atomic E-state index is 14.0. The van der Waals surface area contributed by atoms with Crippen LogP contribution in [0.2, 0.25) is 5.02 Å². The summed E-state index contributed by atoms with van der Waals surface area (Å²) in [7, 11) is 1.42. The van der Waals surface area contributed by atoms with Crippen molar-refractivity contribution >= 4 is 35.3 Å². The van der Waals surface area contributed by atoms with E-state index in [0.29, 0.717) is 11.1 Å². The van der Waals surface area contributed by atoms with Gasteiger partial charge < -0.3 is 14.2 Å². The Bertz CT molecular complexity index is 1290. The molecule has 0 saturated carbocycles. The summed E-state index contributed by atoms with van der Waals surface area (Å²) < 4.78 is 30.1. The summed E-state index contributed by atoms with van der Waals surface area (Å²) in [6, 6.07) is 17.7. The predicted molar refractivity (Wildman–Crippen MR) is 121 cm³/mol. The zero-order valence-electron chi connectivity index (χ0n) is 17.4.